The molecule has 1 fully saturated rings. The van der Waals surface area contributed by atoms with Gasteiger partial charge >= 0.3 is 5.97 Å². The van der Waals surface area contributed by atoms with Gasteiger partial charge in [-0.3, -0.25) is 4.79 Å². The van der Waals surface area contributed by atoms with Crippen LogP contribution in [0.15, 0.2) is 65.8 Å². The Morgan fingerprint density at radius 3 is 2.36 bits per heavy atom. The second-order valence-corrected chi connectivity index (χ2v) is 8.67. The Morgan fingerprint density at radius 1 is 1.06 bits per heavy atom. The van der Waals surface area contributed by atoms with Gasteiger partial charge in [-0.2, -0.15) is 5.10 Å². The Hall–Kier alpha value is -4.04. The molecule has 8 nitrogen and oxygen atoms in total. The van der Waals surface area contributed by atoms with Crippen molar-refractivity contribution < 1.29 is 24.2 Å². The molecule has 0 spiro atoms. The monoisotopic (exact) mass is 507 g/mol. The van der Waals surface area contributed by atoms with Crippen LogP contribution in [0.4, 0.5) is 5.69 Å². The van der Waals surface area contributed by atoms with E-state index in [-0.39, 0.29) is 18.1 Å². The maximum Gasteiger partial charge on any atom is 0.335 e. The molecule has 0 unspecified atom stereocenters. The summed E-state index contributed by atoms with van der Waals surface area (Å²) < 4.78 is 11.2. The molecule has 36 heavy (non-hydrogen) atoms. The fraction of sp³-hybridized carbons (Fsp3) is 0.222. The quantitative estimate of drug-likeness (QED) is 0.312. The van der Waals surface area contributed by atoms with Crippen LogP contribution in [0.25, 0.3) is 0 Å². The molecule has 1 saturated heterocycles. The van der Waals surface area contributed by atoms with Crippen molar-refractivity contribution in [2.75, 3.05) is 25.1 Å². The Balaban J connectivity index is 1.37. The molecule has 2 N–H and O–H groups in total. The fourth-order valence-electron chi connectivity index (χ4n) is 3.88. The van der Waals surface area contributed by atoms with Crippen molar-refractivity contribution in [3.05, 3.63) is 87.9 Å². The Morgan fingerprint density at radius 2 is 1.72 bits per heavy atom. The number of amides is 1. The number of carboxylic acids is 1. The third-order valence-corrected chi connectivity index (χ3v) is 6.10. The van der Waals surface area contributed by atoms with Crippen LogP contribution >= 0.6 is 11.6 Å². The van der Waals surface area contributed by atoms with Crippen molar-refractivity contribution in [2.45, 2.75) is 19.4 Å². The van der Waals surface area contributed by atoms with Gasteiger partial charge in [0.05, 0.1) is 23.9 Å². The number of carbonyl (C=O) groups is 2. The lowest BCUT2D eigenvalue weighted by molar-refractivity contribution is 0.0696. The number of carboxylic acid groups (broad SMARTS) is 1. The Bertz CT molecular complexity index is 1250. The number of anilines is 1. The number of rotatable bonds is 9. The number of ether oxygens (including phenoxy) is 2. The molecule has 4 rings (SSSR count). The number of aromatic carboxylic acids is 1. The van der Waals surface area contributed by atoms with E-state index in [2.05, 4.69) is 15.4 Å². The number of carbonyl (C=O) groups excluding carboxylic acids is 1. The molecule has 0 aromatic heterocycles. The minimum absolute atomic E-state index is 0.177. The first-order valence-electron chi connectivity index (χ1n) is 11.5. The summed E-state index contributed by atoms with van der Waals surface area (Å²) in [7, 11) is 1.49. The van der Waals surface area contributed by atoms with Crippen LogP contribution in [-0.4, -0.2) is 43.4 Å². The fourth-order valence-corrected chi connectivity index (χ4v) is 4.16. The lowest BCUT2D eigenvalue weighted by Gasteiger charge is -2.17. The van der Waals surface area contributed by atoms with Crippen LogP contribution in [0.5, 0.6) is 11.5 Å². The van der Waals surface area contributed by atoms with Gasteiger partial charge in [-0.05, 0) is 72.5 Å². The summed E-state index contributed by atoms with van der Waals surface area (Å²) in [6.07, 6.45) is 3.86. The van der Waals surface area contributed by atoms with Crippen LogP contribution in [0.2, 0.25) is 5.02 Å². The summed E-state index contributed by atoms with van der Waals surface area (Å²) in [5, 5.41) is 13.4. The van der Waals surface area contributed by atoms with Crippen molar-refractivity contribution >= 4 is 35.4 Å². The zero-order valence-electron chi connectivity index (χ0n) is 19.7. The number of hydrogen-bond donors (Lipinski definition) is 2. The van der Waals surface area contributed by atoms with Crippen molar-refractivity contribution in [2.24, 2.45) is 5.10 Å². The van der Waals surface area contributed by atoms with E-state index in [4.69, 9.17) is 26.2 Å². The Kier molecular flexibility index (Phi) is 8.07. The highest BCUT2D eigenvalue weighted by molar-refractivity contribution is 6.32. The normalized spacial score (nSPS) is 13.1. The van der Waals surface area contributed by atoms with Gasteiger partial charge in [-0.1, -0.05) is 23.7 Å². The SMILES string of the molecule is COc1cc(/C=N\NC(=O)c2ccc(N3CCCC3)cc2)cc(Cl)c1OCc1ccc(C(=O)O)cc1. The van der Waals surface area contributed by atoms with E-state index < -0.39 is 5.97 Å². The highest BCUT2D eigenvalue weighted by atomic mass is 35.5. The van der Waals surface area contributed by atoms with Crippen molar-refractivity contribution in [3.8, 4) is 11.5 Å². The number of methoxy groups -OCH3 is 1. The second kappa shape index (κ2) is 11.6. The smallest absolute Gasteiger partial charge is 0.335 e. The molecule has 0 saturated carbocycles. The van der Waals surface area contributed by atoms with E-state index in [1.54, 1.807) is 36.4 Å². The summed E-state index contributed by atoms with van der Waals surface area (Å²) in [5.74, 6) is -0.558. The number of hydrazone groups is 1. The predicted molar refractivity (Wildman–Crippen MR) is 139 cm³/mol. The van der Waals surface area contributed by atoms with E-state index in [0.717, 1.165) is 24.3 Å². The number of hydrogen-bond acceptors (Lipinski definition) is 6. The molecule has 1 aliphatic heterocycles. The average molecular weight is 508 g/mol. The molecule has 0 atom stereocenters. The molecule has 1 heterocycles. The van der Waals surface area contributed by atoms with Gasteiger partial charge in [0, 0.05) is 24.3 Å². The zero-order chi connectivity index (χ0) is 25.5. The van der Waals surface area contributed by atoms with Crippen LogP contribution in [0.1, 0.15) is 44.7 Å². The van der Waals surface area contributed by atoms with Crippen LogP contribution in [-0.2, 0) is 6.61 Å². The van der Waals surface area contributed by atoms with E-state index in [9.17, 15) is 9.59 Å². The first kappa shape index (κ1) is 25.1. The molecule has 3 aromatic rings. The zero-order valence-corrected chi connectivity index (χ0v) is 20.5. The van der Waals surface area contributed by atoms with Crippen molar-refractivity contribution in [1.82, 2.24) is 5.43 Å². The molecular formula is C27H26ClN3O5. The predicted octanol–water partition coefficient (Wildman–Crippen LogP) is 4.99. The largest absolute Gasteiger partial charge is 0.493 e. The van der Waals surface area contributed by atoms with Crippen LogP contribution < -0.4 is 19.8 Å². The third-order valence-electron chi connectivity index (χ3n) is 5.82. The standard InChI is InChI=1S/C27H26ClN3O5/c1-35-24-15-19(14-23(28)25(24)36-17-18-4-6-21(7-5-18)27(33)34)16-29-30-26(32)20-8-10-22(11-9-20)31-12-2-3-13-31/h4-11,14-16H,2-3,12-13,17H2,1H3,(H,30,32)(H,33,34)/b29-16-. The second-order valence-electron chi connectivity index (χ2n) is 8.27. The number of halogens is 1. The van der Waals surface area contributed by atoms with Gasteiger partial charge in [-0.25, -0.2) is 10.2 Å². The van der Waals surface area contributed by atoms with Gasteiger partial charge < -0.3 is 19.5 Å². The summed E-state index contributed by atoms with van der Waals surface area (Å²) in [6, 6.07) is 17.2. The van der Waals surface area contributed by atoms with Gasteiger partial charge in [0.25, 0.3) is 5.91 Å². The van der Waals surface area contributed by atoms with Crippen molar-refractivity contribution in [3.63, 3.8) is 0 Å². The topological polar surface area (TPSA) is 100 Å². The first-order valence-corrected chi connectivity index (χ1v) is 11.8. The van der Waals surface area contributed by atoms with Crippen LogP contribution in [0, 0.1) is 0 Å². The molecule has 186 valence electrons. The molecule has 1 aliphatic rings. The molecule has 9 heteroatoms. The third kappa shape index (κ3) is 6.14. The lowest BCUT2D eigenvalue weighted by Crippen LogP contribution is -2.19. The number of nitrogens with zero attached hydrogens (tertiary/aromatic N) is 2. The van der Waals surface area contributed by atoms with E-state index >= 15 is 0 Å². The molecule has 0 aliphatic carbocycles. The van der Waals surface area contributed by atoms with E-state index in [0.29, 0.717) is 27.6 Å². The minimum atomic E-state index is -0.990. The summed E-state index contributed by atoms with van der Waals surface area (Å²) in [4.78, 5) is 25.7. The number of benzene rings is 3. The average Bonchev–Trinajstić information content (AvgIpc) is 3.43. The van der Waals surface area contributed by atoms with E-state index in [1.165, 1.54) is 38.3 Å². The molecule has 0 bridgehead atoms. The molecule has 3 aromatic carbocycles. The summed E-state index contributed by atoms with van der Waals surface area (Å²) in [5.41, 5.74) is 5.75. The highest BCUT2D eigenvalue weighted by Crippen LogP contribution is 2.36. The summed E-state index contributed by atoms with van der Waals surface area (Å²) in [6.45, 7) is 2.27. The van der Waals surface area contributed by atoms with Crippen LogP contribution in [0.3, 0.4) is 0 Å². The maximum absolute atomic E-state index is 12.4. The molecule has 1 amide bonds. The van der Waals surface area contributed by atoms with Gasteiger partial charge in [0.2, 0.25) is 0 Å². The highest BCUT2D eigenvalue weighted by Gasteiger charge is 2.14. The molecule has 0 radical (unpaired) electrons. The maximum atomic E-state index is 12.4. The first-order chi connectivity index (χ1) is 17.4. The minimum Gasteiger partial charge on any atom is -0.493 e. The van der Waals surface area contributed by atoms with Gasteiger partial charge in [0.15, 0.2) is 11.5 Å². The Labute approximate surface area is 214 Å². The lowest BCUT2D eigenvalue weighted by atomic mass is 10.1. The van der Waals surface area contributed by atoms with Gasteiger partial charge in [0.1, 0.15) is 6.61 Å². The van der Waals surface area contributed by atoms with Gasteiger partial charge in [-0.15, -0.1) is 0 Å². The van der Waals surface area contributed by atoms with Crippen molar-refractivity contribution in [1.29, 1.82) is 0 Å². The molecular weight excluding hydrogens is 482 g/mol. The van der Waals surface area contributed by atoms with E-state index in [1.807, 2.05) is 12.1 Å². The number of nitrogens with one attached hydrogen (secondary N) is 1. The summed E-state index contributed by atoms with van der Waals surface area (Å²) >= 11 is 6.42.